The minimum absolute atomic E-state index is 0.135. The Morgan fingerprint density at radius 3 is 2.05 bits per heavy atom. The number of aliphatic carboxylic acids is 1. The molecule has 0 aliphatic rings. The van der Waals surface area contributed by atoms with Crippen LogP contribution in [0.1, 0.15) is 86.0 Å². The molecular weight excluding hydrogens is 248 g/mol. The molecule has 0 fully saturated rings. The summed E-state index contributed by atoms with van der Waals surface area (Å²) in [5.41, 5.74) is 0. The summed E-state index contributed by atoms with van der Waals surface area (Å²) in [6.07, 6.45) is 8.78. The molecule has 0 heterocycles. The van der Waals surface area contributed by atoms with E-state index in [-0.39, 0.29) is 5.92 Å². The van der Waals surface area contributed by atoms with Crippen LogP contribution in [0.2, 0.25) is 0 Å². The number of hydrogen-bond acceptors (Lipinski definition) is 1. The Bertz CT molecular complexity index is 248. The summed E-state index contributed by atoms with van der Waals surface area (Å²) < 4.78 is 0. The quantitative estimate of drug-likeness (QED) is 0.495. The van der Waals surface area contributed by atoms with Crippen LogP contribution in [-0.4, -0.2) is 11.1 Å². The first kappa shape index (κ1) is 19.5. The van der Waals surface area contributed by atoms with Gasteiger partial charge in [-0.05, 0) is 37.0 Å². The van der Waals surface area contributed by atoms with E-state index in [0.29, 0.717) is 17.8 Å². The average Bonchev–Trinajstić information content (AvgIpc) is 2.39. The third-order valence-electron chi connectivity index (χ3n) is 4.74. The molecule has 0 aromatic rings. The number of unbranched alkanes of at least 4 members (excludes halogenated alkanes) is 1. The van der Waals surface area contributed by atoms with Crippen molar-refractivity contribution in [1.82, 2.24) is 0 Å². The summed E-state index contributed by atoms with van der Waals surface area (Å²) in [4.78, 5) is 11.5. The van der Waals surface area contributed by atoms with E-state index in [1.165, 1.54) is 32.1 Å². The van der Waals surface area contributed by atoms with Crippen molar-refractivity contribution >= 4 is 5.97 Å². The highest BCUT2D eigenvalue weighted by molar-refractivity contribution is 5.69. The first-order valence-electron chi connectivity index (χ1n) is 8.65. The zero-order valence-corrected chi connectivity index (χ0v) is 14.3. The molecule has 3 unspecified atom stereocenters. The van der Waals surface area contributed by atoms with Gasteiger partial charge in [-0.2, -0.15) is 0 Å². The van der Waals surface area contributed by atoms with Gasteiger partial charge in [0.2, 0.25) is 0 Å². The van der Waals surface area contributed by atoms with Crippen molar-refractivity contribution in [3.05, 3.63) is 0 Å². The molecule has 0 aromatic heterocycles. The maximum atomic E-state index is 11.5. The highest BCUT2D eigenvalue weighted by Crippen LogP contribution is 2.28. The van der Waals surface area contributed by atoms with Gasteiger partial charge in [0, 0.05) is 0 Å². The predicted octanol–water partition coefficient (Wildman–Crippen LogP) is 5.76. The Morgan fingerprint density at radius 2 is 1.60 bits per heavy atom. The second kappa shape index (κ2) is 11.2. The predicted molar refractivity (Wildman–Crippen MR) is 86.9 cm³/mol. The van der Waals surface area contributed by atoms with E-state index in [9.17, 15) is 9.90 Å². The Morgan fingerprint density at radius 1 is 0.950 bits per heavy atom. The smallest absolute Gasteiger partial charge is 0.306 e. The summed E-state index contributed by atoms with van der Waals surface area (Å²) in [5.74, 6) is 1.16. The van der Waals surface area contributed by atoms with Gasteiger partial charge in [-0.3, -0.25) is 4.79 Å². The molecule has 2 heteroatoms. The van der Waals surface area contributed by atoms with E-state index >= 15 is 0 Å². The molecular formula is C18H36O2. The van der Waals surface area contributed by atoms with Gasteiger partial charge in [0.05, 0.1) is 5.92 Å². The molecule has 0 rings (SSSR count). The van der Waals surface area contributed by atoms with Crippen LogP contribution in [0.25, 0.3) is 0 Å². The van der Waals surface area contributed by atoms with Crippen LogP contribution in [0, 0.1) is 23.7 Å². The molecule has 0 amide bonds. The number of carbonyl (C=O) groups is 1. The summed E-state index contributed by atoms with van der Waals surface area (Å²) in [6.45, 7) is 11.1. The topological polar surface area (TPSA) is 37.3 Å². The van der Waals surface area contributed by atoms with Crippen LogP contribution in [0.5, 0.6) is 0 Å². The molecule has 20 heavy (non-hydrogen) atoms. The number of carboxylic acid groups (broad SMARTS) is 1. The Kier molecular flexibility index (Phi) is 10.9. The van der Waals surface area contributed by atoms with Gasteiger partial charge in [-0.15, -0.1) is 0 Å². The fourth-order valence-corrected chi connectivity index (χ4v) is 2.82. The van der Waals surface area contributed by atoms with E-state index in [4.69, 9.17) is 0 Å². The van der Waals surface area contributed by atoms with Crippen molar-refractivity contribution in [2.75, 3.05) is 0 Å². The summed E-state index contributed by atoms with van der Waals surface area (Å²) in [7, 11) is 0. The summed E-state index contributed by atoms with van der Waals surface area (Å²) >= 11 is 0. The molecule has 0 aliphatic heterocycles. The number of carboxylic acids is 1. The van der Waals surface area contributed by atoms with Crippen LogP contribution in [-0.2, 0) is 4.79 Å². The van der Waals surface area contributed by atoms with Crippen molar-refractivity contribution in [3.63, 3.8) is 0 Å². The Balaban J connectivity index is 4.37. The fraction of sp³-hybridized carbons (Fsp3) is 0.944. The van der Waals surface area contributed by atoms with E-state index in [2.05, 4.69) is 34.6 Å². The molecule has 1 N–H and O–H groups in total. The maximum absolute atomic E-state index is 11.5. The second-order valence-electron chi connectivity index (χ2n) is 6.87. The monoisotopic (exact) mass is 284 g/mol. The molecule has 0 aromatic carbocycles. The molecule has 0 bridgehead atoms. The lowest BCUT2D eigenvalue weighted by Gasteiger charge is -2.23. The molecule has 0 spiro atoms. The van der Waals surface area contributed by atoms with Gasteiger partial charge in [-0.1, -0.05) is 66.7 Å². The van der Waals surface area contributed by atoms with Crippen molar-refractivity contribution in [2.45, 2.75) is 86.0 Å². The third-order valence-corrected chi connectivity index (χ3v) is 4.74. The van der Waals surface area contributed by atoms with Crippen LogP contribution < -0.4 is 0 Å². The minimum atomic E-state index is -0.585. The van der Waals surface area contributed by atoms with E-state index in [1.54, 1.807) is 0 Å². The van der Waals surface area contributed by atoms with Crippen LogP contribution in [0.4, 0.5) is 0 Å². The maximum Gasteiger partial charge on any atom is 0.306 e. The molecule has 0 saturated carbocycles. The number of hydrogen-bond donors (Lipinski definition) is 1. The largest absolute Gasteiger partial charge is 0.481 e. The molecule has 0 aliphatic carbocycles. The SMILES string of the molecule is CCCCC(CCC)CC(CCC(C)C(C)C)C(=O)O. The second-order valence-corrected chi connectivity index (χ2v) is 6.87. The first-order chi connectivity index (χ1) is 9.42. The van der Waals surface area contributed by atoms with Crippen LogP contribution in [0.15, 0.2) is 0 Å². The van der Waals surface area contributed by atoms with Gasteiger partial charge in [0.15, 0.2) is 0 Å². The highest BCUT2D eigenvalue weighted by atomic mass is 16.4. The van der Waals surface area contributed by atoms with Crippen LogP contribution in [0.3, 0.4) is 0 Å². The zero-order valence-electron chi connectivity index (χ0n) is 14.3. The first-order valence-corrected chi connectivity index (χ1v) is 8.65. The minimum Gasteiger partial charge on any atom is -0.481 e. The fourth-order valence-electron chi connectivity index (χ4n) is 2.82. The molecule has 120 valence electrons. The lowest BCUT2D eigenvalue weighted by Crippen LogP contribution is -2.20. The lowest BCUT2D eigenvalue weighted by atomic mass is 9.83. The van der Waals surface area contributed by atoms with Gasteiger partial charge in [-0.25, -0.2) is 0 Å². The summed E-state index contributed by atoms with van der Waals surface area (Å²) in [5, 5.41) is 9.47. The standard InChI is InChI=1S/C18H36O2/c1-6-8-10-16(9-7-2)13-17(18(19)20)12-11-15(5)14(3)4/h14-17H,6-13H2,1-5H3,(H,19,20). The normalized spacial score (nSPS) is 16.1. The van der Waals surface area contributed by atoms with E-state index in [1.807, 2.05) is 0 Å². The van der Waals surface area contributed by atoms with Crippen LogP contribution >= 0.6 is 0 Å². The Hall–Kier alpha value is -0.530. The van der Waals surface area contributed by atoms with E-state index < -0.39 is 5.97 Å². The van der Waals surface area contributed by atoms with Crippen molar-refractivity contribution in [3.8, 4) is 0 Å². The van der Waals surface area contributed by atoms with Crippen molar-refractivity contribution < 1.29 is 9.90 Å². The van der Waals surface area contributed by atoms with Gasteiger partial charge < -0.3 is 5.11 Å². The molecule has 0 radical (unpaired) electrons. The Labute approximate surface area is 126 Å². The zero-order chi connectivity index (χ0) is 15.5. The van der Waals surface area contributed by atoms with Crippen molar-refractivity contribution in [1.29, 1.82) is 0 Å². The molecule has 2 nitrogen and oxygen atoms in total. The van der Waals surface area contributed by atoms with Gasteiger partial charge in [0.25, 0.3) is 0 Å². The van der Waals surface area contributed by atoms with E-state index in [0.717, 1.165) is 19.3 Å². The summed E-state index contributed by atoms with van der Waals surface area (Å²) in [6, 6.07) is 0. The average molecular weight is 284 g/mol. The van der Waals surface area contributed by atoms with Crippen molar-refractivity contribution in [2.24, 2.45) is 23.7 Å². The highest BCUT2D eigenvalue weighted by Gasteiger charge is 2.23. The number of rotatable bonds is 12. The molecule has 0 saturated heterocycles. The third kappa shape index (κ3) is 8.60. The van der Waals surface area contributed by atoms with Gasteiger partial charge >= 0.3 is 5.97 Å². The molecule has 3 atom stereocenters. The van der Waals surface area contributed by atoms with Gasteiger partial charge in [0.1, 0.15) is 0 Å². The lowest BCUT2D eigenvalue weighted by molar-refractivity contribution is -0.142.